The van der Waals surface area contributed by atoms with E-state index in [2.05, 4.69) is 34.9 Å². The van der Waals surface area contributed by atoms with Gasteiger partial charge < -0.3 is 20.7 Å². The van der Waals surface area contributed by atoms with Gasteiger partial charge in [-0.15, -0.1) is 0 Å². The molecule has 0 unspecified atom stereocenters. The Labute approximate surface area is 175 Å². The number of alkyl carbamates (subject to hydrolysis) is 1. The summed E-state index contributed by atoms with van der Waals surface area (Å²) in [5.74, 6) is 0.708. The van der Waals surface area contributed by atoms with Crippen molar-refractivity contribution in [1.29, 1.82) is 0 Å². The number of nitrogens with zero attached hydrogens (tertiary/aromatic N) is 3. The van der Waals surface area contributed by atoms with Crippen molar-refractivity contribution in [1.82, 2.24) is 25.7 Å². The lowest BCUT2D eigenvalue weighted by Crippen LogP contribution is -2.54. The van der Waals surface area contributed by atoms with E-state index in [1.54, 1.807) is 0 Å². The number of aliphatic imine (C=N–C) groups is 1. The van der Waals surface area contributed by atoms with Crippen LogP contribution in [-0.4, -0.2) is 46.1 Å². The predicted molar refractivity (Wildman–Crippen MR) is 118 cm³/mol. The summed E-state index contributed by atoms with van der Waals surface area (Å²) < 4.78 is 7.31. The number of guanidine groups is 1. The highest BCUT2D eigenvalue weighted by atomic mass is 16.6. The largest absolute Gasteiger partial charge is 0.444 e. The maximum Gasteiger partial charge on any atom is 0.408 e. The van der Waals surface area contributed by atoms with E-state index in [1.807, 2.05) is 53.3 Å². The van der Waals surface area contributed by atoms with E-state index in [4.69, 9.17) is 9.73 Å². The Hall–Kier alpha value is -2.25. The van der Waals surface area contributed by atoms with Gasteiger partial charge in [0.15, 0.2) is 5.96 Å². The molecule has 0 aliphatic heterocycles. The Morgan fingerprint density at radius 3 is 2.28 bits per heavy atom. The van der Waals surface area contributed by atoms with E-state index in [1.165, 1.54) is 11.3 Å². The zero-order valence-corrected chi connectivity index (χ0v) is 19.7. The fourth-order valence-electron chi connectivity index (χ4n) is 3.00. The van der Waals surface area contributed by atoms with Gasteiger partial charge in [0.2, 0.25) is 0 Å². The lowest BCUT2D eigenvalue weighted by atomic mass is 10.1. The zero-order chi connectivity index (χ0) is 22.2. The first-order chi connectivity index (χ1) is 13.4. The summed E-state index contributed by atoms with van der Waals surface area (Å²) in [6.07, 6.45) is 1.38. The predicted octanol–water partition coefficient (Wildman–Crippen LogP) is 2.90. The summed E-state index contributed by atoms with van der Waals surface area (Å²) in [6, 6.07) is 0. The van der Waals surface area contributed by atoms with Crippen LogP contribution in [0.4, 0.5) is 4.79 Å². The van der Waals surface area contributed by atoms with Crippen molar-refractivity contribution in [2.75, 3.05) is 13.1 Å². The molecular formula is C21H40N6O2. The van der Waals surface area contributed by atoms with Crippen LogP contribution in [0.5, 0.6) is 0 Å². The van der Waals surface area contributed by atoms with E-state index in [0.717, 1.165) is 25.1 Å². The molecule has 0 saturated carbocycles. The van der Waals surface area contributed by atoms with Gasteiger partial charge in [0.05, 0.1) is 17.8 Å². The molecule has 8 nitrogen and oxygen atoms in total. The molecular weight excluding hydrogens is 368 g/mol. The fraction of sp³-hybridized carbons (Fsp3) is 0.762. The first-order valence-electron chi connectivity index (χ1n) is 10.5. The molecule has 0 atom stereocenters. The summed E-state index contributed by atoms with van der Waals surface area (Å²) in [4.78, 5) is 16.8. The second-order valence-corrected chi connectivity index (χ2v) is 8.76. The third-order valence-corrected chi connectivity index (χ3v) is 4.30. The lowest BCUT2D eigenvalue weighted by molar-refractivity contribution is 0.0474. The van der Waals surface area contributed by atoms with Crippen LogP contribution in [0, 0.1) is 0 Å². The molecule has 0 bridgehead atoms. The van der Waals surface area contributed by atoms with Crippen molar-refractivity contribution >= 4 is 12.1 Å². The van der Waals surface area contributed by atoms with E-state index in [-0.39, 0.29) is 0 Å². The van der Waals surface area contributed by atoms with Gasteiger partial charge in [-0.2, -0.15) is 5.10 Å². The quantitative estimate of drug-likeness (QED) is 0.454. The average Bonchev–Trinajstić information content (AvgIpc) is 2.89. The molecule has 0 fully saturated rings. The van der Waals surface area contributed by atoms with Gasteiger partial charge in [-0.3, -0.25) is 4.68 Å². The smallest absolute Gasteiger partial charge is 0.408 e. The third kappa shape index (κ3) is 8.33. The van der Waals surface area contributed by atoms with Crippen LogP contribution in [0.3, 0.4) is 0 Å². The summed E-state index contributed by atoms with van der Waals surface area (Å²) >= 11 is 0. The number of hydrogen-bond donors (Lipinski definition) is 3. The lowest BCUT2D eigenvalue weighted by Gasteiger charge is -2.29. The van der Waals surface area contributed by atoms with Gasteiger partial charge in [-0.25, -0.2) is 9.79 Å². The van der Waals surface area contributed by atoms with Crippen LogP contribution in [0.1, 0.15) is 72.3 Å². The van der Waals surface area contributed by atoms with Gasteiger partial charge in [0.25, 0.3) is 0 Å². The molecule has 1 heterocycles. The number of aryl methyl sites for hydroxylation is 2. The van der Waals surface area contributed by atoms with Crippen LogP contribution >= 0.6 is 0 Å². The molecule has 1 rings (SSSR count). The maximum atomic E-state index is 12.1. The normalized spacial score (nSPS) is 12.7. The van der Waals surface area contributed by atoms with Gasteiger partial charge in [0, 0.05) is 31.4 Å². The highest BCUT2D eigenvalue weighted by Crippen LogP contribution is 2.16. The molecule has 1 aromatic rings. The van der Waals surface area contributed by atoms with E-state index in [9.17, 15) is 4.79 Å². The molecule has 0 aliphatic carbocycles. The number of rotatable bonds is 8. The van der Waals surface area contributed by atoms with Crippen molar-refractivity contribution in [2.45, 2.75) is 85.9 Å². The Kier molecular flexibility index (Phi) is 8.98. The number of hydrogen-bond acceptors (Lipinski definition) is 4. The van der Waals surface area contributed by atoms with Crippen molar-refractivity contribution in [3.05, 3.63) is 17.0 Å². The number of carbonyl (C=O) groups excluding carboxylic acids is 1. The van der Waals surface area contributed by atoms with Gasteiger partial charge in [-0.1, -0.05) is 13.8 Å². The van der Waals surface area contributed by atoms with Gasteiger partial charge in [0.1, 0.15) is 5.60 Å². The van der Waals surface area contributed by atoms with Crippen molar-refractivity contribution < 1.29 is 9.53 Å². The van der Waals surface area contributed by atoms with Crippen LogP contribution < -0.4 is 16.0 Å². The first kappa shape index (κ1) is 24.8. The standard InChI is InChI=1S/C21H40N6O2/c1-10-16-15(17(11-2)27(9)26-16)13-23-18(22-12-3)24-14-21(7,8)25-19(28)29-20(4,5)6/h10-14H2,1-9H3,(H,25,28)(H2,22,23,24). The minimum absolute atomic E-state index is 0.429. The van der Waals surface area contributed by atoms with E-state index >= 15 is 0 Å². The topological polar surface area (TPSA) is 92.6 Å². The van der Waals surface area contributed by atoms with Gasteiger partial charge >= 0.3 is 6.09 Å². The summed E-state index contributed by atoms with van der Waals surface area (Å²) in [5.41, 5.74) is 2.47. The van der Waals surface area contributed by atoms with Crippen molar-refractivity contribution in [2.24, 2.45) is 12.0 Å². The molecule has 0 aromatic carbocycles. The number of nitrogens with one attached hydrogen (secondary N) is 3. The Morgan fingerprint density at radius 2 is 1.76 bits per heavy atom. The Bertz CT molecular complexity index is 701. The van der Waals surface area contributed by atoms with Crippen LogP contribution in [0.15, 0.2) is 4.99 Å². The minimum atomic E-state index is -0.526. The minimum Gasteiger partial charge on any atom is -0.444 e. The highest BCUT2D eigenvalue weighted by Gasteiger charge is 2.25. The number of carbonyl (C=O) groups is 1. The number of amides is 1. The average molecular weight is 409 g/mol. The Morgan fingerprint density at radius 1 is 1.10 bits per heavy atom. The highest BCUT2D eigenvalue weighted by molar-refractivity contribution is 5.80. The molecule has 0 aliphatic rings. The van der Waals surface area contributed by atoms with E-state index in [0.29, 0.717) is 19.0 Å². The zero-order valence-electron chi connectivity index (χ0n) is 19.7. The van der Waals surface area contributed by atoms with Crippen molar-refractivity contribution in [3.8, 4) is 0 Å². The van der Waals surface area contributed by atoms with Crippen LogP contribution in [0.25, 0.3) is 0 Å². The second kappa shape index (κ2) is 10.5. The molecule has 3 N–H and O–H groups in total. The van der Waals surface area contributed by atoms with Crippen LogP contribution in [0.2, 0.25) is 0 Å². The summed E-state index contributed by atoms with van der Waals surface area (Å²) in [5, 5.41) is 14.1. The first-order valence-corrected chi connectivity index (χ1v) is 10.5. The van der Waals surface area contributed by atoms with Crippen molar-refractivity contribution in [3.63, 3.8) is 0 Å². The molecule has 1 aromatic heterocycles. The number of ether oxygens (including phenoxy) is 1. The van der Waals surface area contributed by atoms with E-state index < -0.39 is 17.2 Å². The Balaban J connectivity index is 2.82. The summed E-state index contributed by atoms with van der Waals surface area (Å²) in [6.45, 7) is 17.5. The van der Waals surface area contributed by atoms with Crippen LogP contribution in [-0.2, 0) is 31.2 Å². The molecule has 8 heteroatoms. The molecule has 1 amide bonds. The number of aromatic nitrogens is 2. The monoisotopic (exact) mass is 408 g/mol. The molecule has 0 saturated heterocycles. The van der Waals surface area contributed by atoms with Gasteiger partial charge in [-0.05, 0) is 54.4 Å². The molecule has 0 spiro atoms. The maximum absolute atomic E-state index is 12.1. The molecule has 166 valence electrons. The second-order valence-electron chi connectivity index (χ2n) is 8.76. The SMILES string of the molecule is CCNC(=NCc1c(CC)nn(C)c1CC)NCC(C)(C)NC(=O)OC(C)(C)C. The summed E-state index contributed by atoms with van der Waals surface area (Å²) in [7, 11) is 1.99. The molecule has 0 radical (unpaired) electrons. The third-order valence-electron chi connectivity index (χ3n) is 4.30. The molecule has 29 heavy (non-hydrogen) atoms. The fourth-order valence-corrected chi connectivity index (χ4v) is 3.00.